The summed E-state index contributed by atoms with van der Waals surface area (Å²) in [7, 11) is 0. The number of rotatable bonds is 7. The van der Waals surface area contributed by atoms with Crippen molar-refractivity contribution in [1.82, 2.24) is 14.8 Å². The maximum absolute atomic E-state index is 12.4. The monoisotopic (exact) mass is 409 g/mol. The first-order chi connectivity index (χ1) is 14.0. The lowest BCUT2D eigenvalue weighted by Gasteiger charge is -2.10. The molecule has 0 unspecified atom stereocenters. The SMILES string of the molecule is CCn1c(SCC(=O)Nc2cccc(NC(C)=O)c2)nnc1-c1ccccc1C. The van der Waals surface area contributed by atoms with Crippen LogP contribution in [0.3, 0.4) is 0 Å². The highest BCUT2D eigenvalue weighted by atomic mass is 32.2. The zero-order chi connectivity index (χ0) is 20.8. The standard InChI is InChI=1S/C21H23N5O2S/c1-4-26-20(18-11-6-5-8-14(18)2)24-25-21(26)29-13-19(28)23-17-10-7-9-16(12-17)22-15(3)27/h5-12H,4,13H2,1-3H3,(H,22,27)(H,23,28). The van der Waals surface area contributed by atoms with Gasteiger partial charge in [-0.3, -0.25) is 9.59 Å². The lowest BCUT2D eigenvalue weighted by Crippen LogP contribution is -2.15. The molecular weight excluding hydrogens is 386 g/mol. The van der Waals surface area contributed by atoms with Crippen LogP contribution in [0.2, 0.25) is 0 Å². The molecule has 3 aromatic rings. The van der Waals surface area contributed by atoms with Crippen molar-refractivity contribution in [3.8, 4) is 11.4 Å². The number of carbonyl (C=O) groups excluding carboxylic acids is 2. The Hall–Kier alpha value is -3.13. The van der Waals surface area contributed by atoms with Gasteiger partial charge in [0.15, 0.2) is 11.0 Å². The van der Waals surface area contributed by atoms with Gasteiger partial charge in [0.25, 0.3) is 0 Å². The number of nitrogens with zero attached hydrogens (tertiary/aromatic N) is 3. The predicted molar refractivity (Wildman–Crippen MR) is 116 cm³/mol. The minimum Gasteiger partial charge on any atom is -0.326 e. The molecule has 0 aliphatic heterocycles. The number of nitrogens with one attached hydrogen (secondary N) is 2. The van der Waals surface area contributed by atoms with Crippen LogP contribution in [0, 0.1) is 6.92 Å². The van der Waals surface area contributed by atoms with E-state index in [0.29, 0.717) is 23.1 Å². The molecule has 0 saturated carbocycles. The summed E-state index contributed by atoms with van der Waals surface area (Å²) in [6.07, 6.45) is 0. The van der Waals surface area contributed by atoms with Gasteiger partial charge in [0, 0.05) is 30.4 Å². The number of amides is 2. The summed E-state index contributed by atoms with van der Waals surface area (Å²) < 4.78 is 2.01. The lowest BCUT2D eigenvalue weighted by molar-refractivity contribution is -0.114. The summed E-state index contributed by atoms with van der Waals surface area (Å²) in [6.45, 7) is 6.22. The molecule has 29 heavy (non-hydrogen) atoms. The summed E-state index contributed by atoms with van der Waals surface area (Å²) in [5, 5.41) is 14.9. The molecule has 0 aliphatic carbocycles. The van der Waals surface area contributed by atoms with Crippen LogP contribution in [0.1, 0.15) is 19.4 Å². The van der Waals surface area contributed by atoms with E-state index in [9.17, 15) is 9.59 Å². The lowest BCUT2D eigenvalue weighted by atomic mass is 10.1. The molecule has 1 aromatic heterocycles. The Balaban J connectivity index is 1.67. The fraction of sp³-hybridized carbons (Fsp3) is 0.238. The Morgan fingerprint density at radius 1 is 1.03 bits per heavy atom. The van der Waals surface area contributed by atoms with Gasteiger partial charge < -0.3 is 15.2 Å². The topological polar surface area (TPSA) is 88.9 Å². The molecule has 8 heteroatoms. The number of carbonyl (C=O) groups is 2. The third-order valence-corrected chi connectivity index (χ3v) is 5.18. The summed E-state index contributed by atoms with van der Waals surface area (Å²) in [5.41, 5.74) is 3.42. The Kier molecular flexibility index (Phi) is 6.66. The summed E-state index contributed by atoms with van der Waals surface area (Å²) in [4.78, 5) is 23.5. The third-order valence-electron chi connectivity index (χ3n) is 4.22. The molecule has 3 rings (SSSR count). The molecular formula is C21H23N5O2S. The second-order valence-electron chi connectivity index (χ2n) is 6.46. The van der Waals surface area contributed by atoms with Crippen molar-refractivity contribution < 1.29 is 9.59 Å². The smallest absolute Gasteiger partial charge is 0.234 e. The van der Waals surface area contributed by atoms with E-state index in [-0.39, 0.29) is 17.6 Å². The van der Waals surface area contributed by atoms with E-state index in [1.54, 1.807) is 24.3 Å². The number of hydrogen-bond acceptors (Lipinski definition) is 5. The van der Waals surface area contributed by atoms with Crippen molar-refractivity contribution in [3.63, 3.8) is 0 Å². The number of thioether (sulfide) groups is 1. The predicted octanol–water partition coefficient (Wildman–Crippen LogP) is 3.96. The first kappa shape index (κ1) is 20.6. The van der Waals surface area contributed by atoms with Crippen molar-refractivity contribution in [2.45, 2.75) is 32.5 Å². The van der Waals surface area contributed by atoms with Crippen LogP contribution in [-0.2, 0) is 16.1 Å². The van der Waals surface area contributed by atoms with Crippen LogP contribution in [0.4, 0.5) is 11.4 Å². The van der Waals surface area contributed by atoms with Gasteiger partial charge in [-0.25, -0.2) is 0 Å². The number of aromatic nitrogens is 3. The maximum Gasteiger partial charge on any atom is 0.234 e. The van der Waals surface area contributed by atoms with E-state index in [1.165, 1.54) is 18.7 Å². The van der Waals surface area contributed by atoms with Crippen LogP contribution in [0.25, 0.3) is 11.4 Å². The highest BCUT2D eigenvalue weighted by Gasteiger charge is 2.16. The number of anilines is 2. The van der Waals surface area contributed by atoms with E-state index in [1.807, 2.05) is 42.7 Å². The molecule has 0 spiro atoms. The number of aryl methyl sites for hydroxylation is 1. The molecule has 0 fully saturated rings. The first-order valence-electron chi connectivity index (χ1n) is 9.27. The summed E-state index contributed by atoms with van der Waals surface area (Å²) in [5.74, 6) is 0.693. The van der Waals surface area contributed by atoms with E-state index >= 15 is 0 Å². The molecule has 2 aromatic carbocycles. The number of hydrogen-bond donors (Lipinski definition) is 2. The van der Waals surface area contributed by atoms with Crippen LogP contribution < -0.4 is 10.6 Å². The average molecular weight is 410 g/mol. The molecule has 7 nitrogen and oxygen atoms in total. The average Bonchev–Trinajstić information content (AvgIpc) is 3.09. The maximum atomic E-state index is 12.4. The second-order valence-corrected chi connectivity index (χ2v) is 7.41. The fourth-order valence-corrected chi connectivity index (χ4v) is 3.71. The second kappa shape index (κ2) is 9.38. The zero-order valence-corrected chi connectivity index (χ0v) is 17.4. The molecule has 0 bridgehead atoms. The Morgan fingerprint density at radius 3 is 2.45 bits per heavy atom. The summed E-state index contributed by atoms with van der Waals surface area (Å²) >= 11 is 1.34. The van der Waals surface area contributed by atoms with Crippen molar-refractivity contribution in [3.05, 3.63) is 54.1 Å². The Labute approximate surface area is 173 Å². The largest absolute Gasteiger partial charge is 0.326 e. The van der Waals surface area contributed by atoms with E-state index in [4.69, 9.17) is 0 Å². The molecule has 2 amide bonds. The van der Waals surface area contributed by atoms with Gasteiger partial charge in [-0.1, -0.05) is 42.1 Å². The van der Waals surface area contributed by atoms with Crippen LogP contribution in [-0.4, -0.2) is 32.3 Å². The van der Waals surface area contributed by atoms with Crippen LogP contribution >= 0.6 is 11.8 Å². The third kappa shape index (κ3) is 5.23. The molecule has 0 radical (unpaired) electrons. The highest BCUT2D eigenvalue weighted by molar-refractivity contribution is 7.99. The van der Waals surface area contributed by atoms with Gasteiger partial charge in [-0.05, 0) is 37.6 Å². The van der Waals surface area contributed by atoms with Gasteiger partial charge in [-0.2, -0.15) is 0 Å². The summed E-state index contributed by atoms with van der Waals surface area (Å²) in [6, 6.07) is 15.1. The number of benzene rings is 2. The van der Waals surface area contributed by atoms with E-state index in [2.05, 4.69) is 20.8 Å². The Bertz CT molecular complexity index is 1030. The quantitative estimate of drug-likeness (QED) is 0.577. The van der Waals surface area contributed by atoms with Gasteiger partial charge in [0.1, 0.15) is 0 Å². The van der Waals surface area contributed by atoms with Crippen LogP contribution in [0.5, 0.6) is 0 Å². The van der Waals surface area contributed by atoms with Crippen molar-refractivity contribution in [2.75, 3.05) is 16.4 Å². The van der Waals surface area contributed by atoms with Crippen molar-refractivity contribution in [1.29, 1.82) is 0 Å². The fourth-order valence-electron chi connectivity index (χ4n) is 2.91. The molecule has 0 aliphatic rings. The minimum atomic E-state index is -0.160. The molecule has 0 saturated heterocycles. The molecule has 1 heterocycles. The van der Waals surface area contributed by atoms with Crippen LogP contribution in [0.15, 0.2) is 53.7 Å². The highest BCUT2D eigenvalue weighted by Crippen LogP contribution is 2.26. The molecule has 150 valence electrons. The molecule has 2 N–H and O–H groups in total. The van der Waals surface area contributed by atoms with E-state index < -0.39 is 0 Å². The van der Waals surface area contributed by atoms with Gasteiger partial charge in [0.2, 0.25) is 11.8 Å². The first-order valence-corrected chi connectivity index (χ1v) is 10.3. The van der Waals surface area contributed by atoms with Gasteiger partial charge in [-0.15, -0.1) is 10.2 Å². The minimum absolute atomic E-state index is 0.155. The van der Waals surface area contributed by atoms with Crippen molar-refractivity contribution in [2.24, 2.45) is 0 Å². The van der Waals surface area contributed by atoms with E-state index in [0.717, 1.165) is 17.0 Å². The van der Waals surface area contributed by atoms with Gasteiger partial charge >= 0.3 is 0 Å². The van der Waals surface area contributed by atoms with Crippen molar-refractivity contribution >= 4 is 35.0 Å². The zero-order valence-electron chi connectivity index (χ0n) is 16.6. The molecule has 0 atom stereocenters. The Morgan fingerprint density at radius 2 is 1.76 bits per heavy atom. The van der Waals surface area contributed by atoms with Gasteiger partial charge in [0.05, 0.1) is 5.75 Å². The normalized spacial score (nSPS) is 10.6.